The minimum atomic E-state index is -0.487. The Morgan fingerprint density at radius 1 is 0.972 bits per heavy atom. The van der Waals surface area contributed by atoms with Crippen LogP contribution in [0.1, 0.15) is 15.9 Å². The molecule has 0 saturated carbocycles. The van der Waals surface area contributed by atoms with Gasteiger partial charge in [-0.1, -0.05) is 48.5 Å². The molecule has 0 aliphatic heterocycles. The van der Waals surface area contributed by atoms with Crippen molar-refractivity contribution in [3.63, 3.8) is 0 Å². The molecule has 5 rings (SSSR count). The quantitative estimate of drug-likeness (QED) is 0.330. The number of methoxy groups -OCH3 is 2. The van der Waals surface area contributed by atoms with Crippen LogP contribution >= 0.6 is 0 Å². The largest absolute Gasteiger partial charge is 0.465 e. The van der Waals surface area contributed by atoms with Crippen LogP contribution in [0.3, 0.4) is 0 Å². The van der Waals surface area contributed by atoms with Gasteiger partial charge >= 0.3 is 11.7 Å². The van der Waals surface area contributed by atoms with Crippen molar-refractivity contribution in [2.45, 2.75) is 13.1 Å². The molecule has 0 atom stereocenters. The molecule has 9 nitrogen and oxygen atoms in total. The number of hydrogen-bond donors (Lipinski definition) is 0. The molecule has 2 heterocycles. The second-order valence-corrected chi connectivity index (χ2v) is 8.30. The highest BCUT2D eigenvalue weighted by Crippen LogP contribution is 2.23. The standard InChI is InChI=1S/C27H24N4O5/c1-35-14-13-30-25(32)23-24(28-17-29(23)16-18-7-5-10-20(15-18)26(33)36-2)31(27(30)34)22-12-6-9-19-8-3-4-11-21(19)22/h3-12,15,17H,13-14,16H2,1-2H3. The Labute approximate surface area is 205 Å². The summed E-state index contributed by atoms with van der Waals surface area (Å²) in [5.74, 6) is -0.445. The summed E-state index contributed by atoms with van der Waals surface area (Å²) in [5, 5.41) is 1.82. The van der Waals surface area contributed by atoms with E-state index >= 15 is 0 Å². The number of carbonyl (C=O) groups excluding carboxylic acids is 1. The Morgan fingerprint density at radius 3 is 2.56 bits per heavy atom. The predicted octanol–water partition coefficient (Wildman–Crippen LogP) is 2.98. The van der Waals surface area contributed by atoms with Crippen molar-refractivity contribution >= 4 is 27.9 Å². The number of benzene rings is 3. The van der Waals surface area contributed by atoms with E-state index in [1.807, 2.05) is 48.5 Å². The third kappa shape index (κ3) is 3.99. The van der Waals surface area contributed by atoms with Crippen LogP contribution < -0.4 is 11.2 Å². The molecule has 0 amide bonds. The van der Waals surface area contributed by atoms with Gasteiger partial charge < -0.3 is 14.0 Å². The highest BCUT2D eigenvalue weighted by Gasteiger charge is 2.20. The maximum absolute atomic E-state index is 13.6. The van der Waals surface area contributed by atoms with E-state index in [9.17, 15) is 14.4 Å². The molecule has 0 radical (unpaired) electrons. The zero-order chi connectivity index (χ0) is 25.2. The number of imidazole rings is 1. The summed E-state index contributed by atoms with van der Waals surface area (Å²) in [6.07, 6.45) is 1.54. The first-order valence-electron chi connectivity index (χ1n) is 11.4. The smallest absolute Gasteiger partial charge is 0.337 e. The van der Waals surface area contributed by atoms with Crippen LogP contribution in [0.15, 0.2) is 82.6 Å². The normalized spacial score (nSPS) is 11.3. The number of carbonyl (C=O) groups is 1. The molecule has 3 aromatic carbocycles. The van der Waals surface area contributed by atoms with E-state index in [2.05, 4.69) is 4.98 Å². The molecule has 0 unspecified atom stereocenters. The van der Waals surface area contributed by atoms with E-state index in [0.29, 0.717) is 11.3 Å². The first kappa shape index (κ1) is 23.3. The Hall–Kier alpha value is -4.50. The summed E-state index contributed by atoms with van der Waals surface area (Å²) in [6, 6.07) is 20.4. The van der Waals surface area contributed by atoms with Gasteiger partial charge in [0.1, 0.15) is 0 Å². The highest BCUT2D eigenvalue weighted by molar-refractivity contribution is 5.91. The summed E-state index contributed by atoms with van der Waals surface area (Å²) in [5.41, 5.74) is 1.42. The summed E-state index contributed by atoms with van der Waals surface area (Å²) in [6.45, 7) is 0.567. The molecule has 0 saturated heterocycles. The van der Waals surface area contributed by atoms with Crippen LogP contribution in [0.4, 0.5) is 0 Å². The Kier molecular flexibility index (Phi) is 6.22. The van der Waals surface area contributed by atoms with Crippen molar-refractivity contribution in [3.05, 3.63) is 105 Å². The molecule has 0 spiro atoms. The fourth-order valence-electron chi connectivity index (χ4n) is 4.41. The number of hydrogen-bond acceptors (Lipinski definition) is 6. The summed E-state index contributed by atoms with van der Waals surface area (Å²) in [4.78, 5) is 43.7. The van der Waals surface area contributed by atoms with Crippen molar-refractivity contribution in [2.24, 2.45) is 0 Å². The first-order chi connectivity index (χ1) is 17.5. The lowest BCUT2D eigenvalue weighted by atomic mass is 10.1. The Balaban J connectivity index is 1.75. The second kappa shape index (κ2) is 9.63. The van der Waals surface area contributed by atoms with Crippen molar-refractivity contribution in [1.29, 1.82) is 0 Å². The SMILES string of the molecule is COCCn1c(=O)c2c(ncn2Cc2cccc(C(=O)OC)c2)n(-c2cccc3ccccc23)c1=O. The van der Waals surface area contributed by atoms with Gasteiger partial charge in [-0.2, -0.15) is 0 Å². The van der Waals surface area contributed by atoms with Gasteiger partial charge in [-0.25, -0.2) is 19.1 Å². The molecular formula is C27H24N4O5. The van der Waals surface area contributed by atoms with Crippen LogP contribution in [0.5, 0.6) is 0 Å². The van der Waals surface area contributed by atoms with E-state index in [-0.39, 0.29) is 30.9 Å². The van der Waals surface area contributed by atoms with E-state index in [4.69, 9.17) is 9.47 Å². The van der Waals surface area contributed by atoms with Gasteiger partial charge in [0.2, 0.25) is 0 Å². The van der Waals surface area contributed by atoms with E-state index in [0.717, 1.165) is 16.3 Å². The third-order valence-electron chi connectivity index (χ3n) is 6.13. The van der Waals surface area contributed by atoms with Gasteiger partial charge in [-0.05, 0) is 29.1 Å². The van der Waals surface area contributed by atoms with Crippen LogP contribution in [-0.4, -0.2) is 45.5 Å². The maximum atomic E-state index is 13.6. The third-order valence-corrected chi connectivity index (χ3v) is 6.13. The van der Waals surface area contributed by atoms with Crippen molar-refractivity contribution in [1.82, 2.24) is 18.7 Å². The molecule has 0 aliphatic carbocycles. The number of ether oxygens (including phenoxy) is 2. The second-order valence-electron chi connectivity index (χ2n) is 8.30. The molecule has 2 aromatic heterocycles. The molecule has 0 bridgehead atoms. The van der Waals surface area contributed by atoms with Gasteiger partial charge in [-0.15, -0.1) is 0 Å². The maximum Gasteiger partial charge on any atom is 0.337 e. The van der Waals surface area contributed by atoms with Gasteiger partial charge in [0.05, 0.1) is 37.8 Å². The number of rotatable bonds is 7. The number of nitrogens with zero attached hydrogens (tertiary/aromatic N) is 4. The van der Waals surface area contributed by atoms with E-state index in [1.165, 1.54) is 23.4 Å². The fourth-order valence-corrected chi connectivity index (χ4v) is 4.41. The molecule has 9 heteroatoms. The molecular weight excluding hydrogens is 460 g/mol. The van der Waals surface area contributed by atoms with E-state index in [1.54, 1.807) is 29.1 Å². The zero-order valence-corrected chi connectivity index (χ0v) is 19.9. The summed E-state index contributed by atoms with van der Waals surface area (Å²) in [7, 11) is 2.85. The first-order valence-corrected chi connectivity index (χ1v) is 11.4. The van der Waals surface area contributed by atoms with Crippen LogP contribution in [0, 0.1) is 0 Å². The molecule has 0 fully saturated rings. The van der Waals surface area contributed by atoms with Gasteiger partial charge in [0.15, 0.2) is 11.2 Å². The molecule has 36 heavy (non-hydrogen) atoms. The average Bonchev–Trinajstić information content (AvgIpc) is 3.31. The predicted molar refractivity (Wildman–Crippen MR) is 136 cm³/mol. The van der Waals surface area contributed by atoms with Crippen molar-refractivity contribution < 1.29 is 14.3 Å². The molecule has 0 aliphatic rings. The molecule has 5 aromatic rings. The lowest BCUT2D eigenvalue weighted by Gasteiger charge is -2.14. The summed E-state index contributed by atoms with van der Waals surface area (Å²) < 4.78 is 14.3. The number of aromatic nitrogens is 4. The Morgan fingerprint density at radius 2 is 1.75 bits per heavy atom. The zero-order valence-electron chi connectivity index (χ0n) is 19.9. The van der Waals surface area contributed by atoms with E-state index < -0.39 is 17.2 Å². The molecule has 0 N–H and O–H groups in total. The lowest BCUT2D eigenvalue weighted by molar-refractivity contribution is 0.0600. The van der Waals surface area contributed by atoms with Crippen molar-refractivity contribution in [3.8, 4) is 5.69 Å². The fraction of sp³-hybridized carbons (Fsp3) is 0.185. The Bertz CT molecular complexity index is 1710. The minimum absolute atomic E-state index is 0.0951. The number of fused-ring (bicyclic) bond motifs is 2. The lowest BCUT2D eigenvalue weighted by Crippen LogP contribution is -2.41. The highest BCUT2D eigenvalue weighted by atomic mass is 16.5. The van der Waals surface area contributed by atoms with Gasteiger partial charge in [0.25, 0.3) is 5.56 Å². The minimum Gasteiger partial charge on any atom is -0.465 e. The van der Waals surface area contributed by atoms with Crippen LogP contribution in [0.25, 0.3) is 27.6 Å². The monoisotopic (exact) mass is 484 g/mol. The summed E-state index contributed by atoms with van der Waals surface area (Å²) >= 11 is 0. The van der Waals surface area contributed by atoms with Crippen LogP contribution in [-0.2, 0) is 22.6 Å². The van der Waals surface area contributed by atoms with Gasteiger partial charge in [-0.3, -0.25) is 9.36 Å². The molecule has 182 valence electrons. The topological polar surface area (TPSA) is 97.3 Å². The van der Waals surface area contributed by atoms with Crippen molar-refractivity contribution in [2.75, 3.05) is 20.8 Å². The van der Waals surface area contributed by atoms with Crippen LogP contribution in [0.2, 0.25) is 0 Å². The van der Waals surface area contributed by atoms with Gasteiger partial charge in [0, 0.05) is 19.0 Å². The number of esters is 1. The average molecular weight is 485 g/mol.